The molecule has 0 rings (SSSR count). The molecule has 1 atom stereocenters. The van der Waals surface area contributed by atoms with E-state index in [4.69, 9.17) is 5.11 Å². The molecule has 0 aromatic carbocycles. The molecule has 1 N–H and O–H groups in total. The lowest BCUT2D eigenvalue weighted by molar-refractivity contribution is 0.184. The first kappa shape index (κ1) is 7.69. The molecule has 0 aliphatic heterocycles. The predicted octanol–water partition coefficient (Wildman–Crippen LogP) is 1.58. The van der Waals surface area contributed by atoms with Crippen LogP contribution in [0.15, 0.2) is 0 Å². The van der Waals surface area contributed by atoms with Crippen LogP contribution in [0, 0.1) is 0 Å². The molecule has 44 valence electrons. The second-order valence-corrected chi connectivity index (χ2v) is 2.76. The molecule has 0 aliphatic rings. The van der Waals surface area contributed by atoms with Crippen LogP contribution in [0.5, 0.6) is 0 Å². The molecule has 0 fully saturated rings. The molecule has 0 saturated carbocycles. The van der Waals surface area contributed by atoms with Gasteiger partial charge in [-0.05, 0) is 24.2 Å². The SMILES string of the molecule is C[C@H](O)CCCI. The smallest absolute Gasteiger partial charge is 0.0512 e. The third-order valence-corrected chi connectivity index (χ3v) is 1.52. The van der Waals surface area contributed by atoms with Crippen LogP contribution in [0.3, 0.4) is 0 Å². The molecule has 0 amide bonds. The Kier molecular flexibility index (Phi) is 5.32. The van der Waals surface area contributed by atoms with Crippen LogP contribution < -0.4 is 0 Å². The third kappa shape index (κ3) is 6.69. The van der Waals surface area contributed by atoms with E-state index >= 15 is 0 Å². The lowest BCUT2D eigenvalue weighted by Crippen LogP contribution is -1.98. The van der Waals surface area contributed by atoms with Crippen LogP contribution in [0.25, 0.3) is 0 Å². The highest BCUT2D eigenvalue weighted by molar-refractivity contribution is 14.1. The molecule has 7 heavy (non-hydrogen) atoms. The van der Waals surface area contributed by atoms with Crippen molar-refractivity contribution in [3.05, 3.63) is 0 Å². The molecule has 1 nitrogen and oxygen atoms in total. The fourth-order valence-corrected chi connectivity index (χ4v) is 0.813. The maximum atomic E-state index is 8.68. The molecule has 0 heterocycles. The summed E-state index contributed by atoms with van der Waals surface area (Å²) in [6, 6.07) is 0. The minimum atomic E-state index is -0.102. The molecule has 0 aromatic rings. The zero-order chi connectivity index (χ0) is 5.70. The largest absolute Gasteiger partial charge is 0.393 e. The van der Waals surface area contributed by atoms with Crippen LogP contribution in [-0.4, -0.2) is 15.6 Å². The lowest BCUT2D eigenvalue weighted by atomic mass is 10.2. The Morgan fingerprint density at radius 2 is 2.29 bits per heavy atom. The van der Waals surface area contributed by atoms with E-state index < -0.39 is 0 Å². The topological polar surface area (TPSA) is 20.2 Å². The number of aliphatic hydroxyl groups excluding tert-OH is 1. The van der Waals surface area contributed by atoms with Gasteiger partial charge in [0.1, 0.15) is 0 Å². The minimum absolute atomic E-state index is 0.102. The Balaban J connectivity index is 2.68. The highest BCUT2D eigenvalue weighted by Crippen LogP contribution is 1.97. The number of hydrogen-bond donors (Lipinski definition) is 1. The summed E-state index contributed by atoms with van der Waals surface area (Å²) in [7, 11) is 0. The van der Waals surface area contributed by atoms with E-state index in [1.807, 2.05) is 6.92 Å². The zero-order valence-corrected chi connectivity index (χ0v) is 6.68. The van der Waals surface area contributed by atoms with Crippen LogP contribution in [0.1, 0.15) is 19.8 Å². The quantitative estimate of drug-likeness (QED) is 0.558. The fourth-order valence-electron chi connectivity index (χ4n) is 0.373. The summed E-state index contributed by atoms with van der Waals surface area (Å²) in [5.41, 5.74) is 0. The van der Waals surface area contributed by atoms with Gasteiger partial charge in [-0.25, -0.2) is 0 Å². The maximum absolute atomic E-state index is 8.68. The molecule has 0 unspecified atom stereocenters. The average Bonchev–Trinajstić information content (AvgIpc) is 1.61. The number of halogens is 1. The van der Waals surface area contributed by atoms with Crippen LogP contribution >= 0.6 is 22.6 Å². The Hall–Kier alpha value is 0.690. The molecule has 0 aliphatic carbocycles. The molecule has 2 heteroatoms. The number of hydrogen-bond acceptors (Lipinski definition) is 1. The van der Waals surface area contributed by atoms with E-state index in [1.165, 1.54) is 0 Å². The predicted molar refractivity (Wildman–Crippen MR) is 39.8 cm³/mol. The first-order valence-corrected chi connectivity index (χ1v) is 4.04. The van der Waals surface area contributed by atoms with Crippen LogP contribution in [0.4, 0.5) is 0 Å². The van der Waals surface area contributed by atoms with Crippen molar-refractivity contribution >= 4 is 22.6 Å². The van der Waals surface area contributed by atoms with Gasteiger partial charge in [0.25, 0.3) is 0 Å². The molecule has 0 spiro atoms. The van der Waals surface area contributed by atoms with Crippen LogP contribution in [0.2, 0.25) is 0 Å². The number of aliphatic hydroxyl groups is 1. The molecule has 0 aromatic heterocycles. The summed E-state index contributed by atoms with van der Waals surface area (Å²) in [5, 5.41) is 8.68. The molecular formula is C5H11IO. The maximum Gasteiger partial charge on any atom is 0.0512 e. The van der Waals surface area contributed by atoms with Gasteiger partial charge in [-0.2, -0.15) is 0 Å². The second-order valence-electron chi connectivity index (χ2n) is 1.68. The normalized spacial score (nSPS) is 14.1. The van der Waals surface area contributed by atoms with Crippen molar-refractivity contribution in [2.45, 2.75) is 25.9 Å². The molecule has 0 radical (unpaired) electrons. The first-order chi connectivity index (χ1) is 3.27. The van der Waals surface area contributed by atoms with Crippen LogP contribution in [-0.2, 0) is 0 Å². The Labute approximate surface area is 58.3 Å². The molecular weight excluding hydrogens is 203 g/mol. The number of alkyl halides is 1. The van der Waals surface area contributed by atoms with Gasteiger partial charge in [-0.3, -0.25) is 0 Å². The highest BCUT2D eigenvalue weighted by Gasteiger charge is 1.90. The van der Waals surface area contributed by atoms with Gasteiger partial charge in [-0.15, -0.1) is 0 Å². The van der Waals surface area contributed by atoms with E-state index in [1.54, 1.807) is 0 Å². The molecule has 0 saturated heterocycles. The summed E-state index contributed by atoms with van der Waals surface area (Å²) in [6.07, 6.45) is 1.98. The summed E-state index contributed by atoms with van der Waals surface area (Å²) < 4.78 is 1.16. The van der Waals surface area contributed by atoms with Crippen molar-refractivity contribution in [3.63, 3.8) is 0 Å². The Bertz CT molecular complexity index is 37.1. The lowest BCUT2D eigenvalue weighted by Gasteiger charge is -1.97. The van der Waals surface area contributed by atoms with E-state index in [0.717, 1.165) is 17.3 Å². The van der Waals surface area contributed by atoms with Gasteiger partial charge < -0.3 is 5.11 Å². The number of rotatable bonds is 3. The van der Waals surface area contributed by atoms with Crippen molar-refractivity contribution in [2.75, 3.05) is 4.43 Å². The summed E-state index contributed by atoms with van der Waals surface area (Å²) in [4.78, 5) is 0. The second kappa shape index (κ2) is 4.84. The van der Waals surface area contributed by atoms with Crippen molar-refractivity contribution in [2.24, 2.45) is 0 Å². The van der Waals surface area contributed by atoms with E-state index in [9.17, 15) is 0 Å². The van der Waals surface area contributed by atoms with Gasteiger partial charge in [-0.1, -0.05) is 22.6 Å². The third-order valence-electron chi connectivity index (χ3n) is 0.756. The summed E-state index contributed by atoms with van der Waals surface area (Å²) in [5.74, 6) is 0. The Morgan fingerprint density at radius 1 is 1.71 bits per heavy atom. The van der Waals surface area contributed by atoms with Crippen molar-refractivity contribution in [1.82, 2.24) is 0 Å². The van der Waals surface area contributed by atoms with E-state index in [-0.39, 0.29) is 6.10 Å². The molecule has 0 bridgehead atoms. The first-order valence-electron chi connectivity index (χ1n) is 2.51. The summed E-state index contributed by atoms with van der Waals surface area (Å²) in [6.45, 7) is 1.83. The average molecular weight is 214 g/mol. The van der Waals surface area contributed by atoms with Gasteiger partial charge in [0.05, 0.1) is 6.10 Å². The van der Waals surface area contributed by atoms with Gasteiger partial charge >= 0.3 is 0 Å². The zero-order valence-electron chi connectivity index (χ0n) is 4.52. The monoisotopic (exact) mass is 214 g/mol. The van der Waals surface area contributed by atoms with Gasteiger partial charge in [0, 0.05) is 0 Å². The standard InChI is InChI=1S/C5H11IO/c1-5(7)3-2-4-6/h5,7H,2-4H2,1H3/t5-/m0/s1. The van der Waals surface area contributed by atoms with Gasteiger partial charge in [0.15, 0.2) is 0 Å². The van der Waals surface area contributed by atoms with Crippen molar-refractivity contribution in [1.29, 1.82) is 0 Å². The summed E-state index contributed by atoms with van der Waals surface area (Å²) >= 11 is 2.31. The van der Waals surface area contributed by atoms with Gasteiger partial charge in [0.2, 0.25) is 0 Å². The fraction of sp³-hybridized carbons (Fsp3) is 1.00. The van der Waals surface area contributed by atoms with E-state index in [0.29, 0.717) is 0 Å². The van der Waals surface area contributed by atoms with Crippen molar-refractivity contribution < 1.29 is 5.11 Å². The minimum Gasteiger partial charge on any atom is -0.393 e. The Morgan fingerprint density at radius 3 is 2.43 bits per heavy atom. The highest BCUT2D eigenvalue weighted by atomic mass is 127. The van der Waals surface area contributed by atoms with E-state index in [2.05, 4.69) is 22.6 Å². The van der Waals surface area contributed by atoms with Crippen molar-refractivity contribution in [3.8, 4) is 0 Å².